The van der Waals surface area contributed by atoms with Gasteiger partial charge in [0.15, 0.2) is 24.7 Å². The number of para-hydroxylation sites is 2. The van der Waals surface area contributed by atoms with Gasteiger partial charge in [-0.25, -0.2) is 4.79 Å². The highest BCUT2D eigenvalue weighted by Gasteiger charge is 2.15. The molecule has 1 rings (SSSR count). The Bertz CT molecular complexity index is 570. The molecule has 0 heterocycles. The Labute approximate surface area is 143 Å². The molecular formula is C18H25NO5. The average molecular weight is 335 g/mol. The first-order valence-electron chi connectivity index (χ1n) is 7.90. The lowest BCUT2D eigenvalue weighted by atomic mass is 10.3. The molecular weight excluding hydrogens is 310 g/mol. The first-order valence-corrected chi connectivity index (χ1v) is 7.90. The number of likely N-dealkylation sites (N-methyl/N-ethyl adjacent to an activating group) is 1. The van der Waals surface area contributed by atoms with Crippen molar-refractivity contribution in [3.8, 4) is 11.5 Å². The summed E-state index contributed by atoms with van der Waals surface area (Å²) in [6.07, 6.45) is 0. The van der Waals surface area contributed by atoms with Gasteiger partial charge in [-0.3, -0.25) is 4.79 Å². The second-order valence-corrected chi connectivity index (χ2v) is 5.19. The van der Waals surface area contributed by atoms with Crippen molar-refractivity contribution in [1.29, 1.82) is 0 Å². The van der Waals surface area contributed by atoms with E-state index in [9.17, 15) is 9.59 Å². The minimum absolute atomic E-state index is 0.261. The van der Waals surface area contributed by atoms with Crippen LogP contribution in [0.15, 0.2) is 36.4 Å². The fourth-order valence-corrected chi connectivity index (χ4v) is 1.96. The van der Waals surface area contributed by atoms with Crippen LogP contribution >= 0.6 is 0 Å². The van der Waals surface area contributed by atoms with Crippen LogP contribution in [0.25, 0.3) is 0 Å². The van der Waals surface area contributed by atoms with E-state index in [4.69, 9.17) is 14.2 Å². The van der Waals surface area contributed by atoms with Crippen LogP contribution in [0.2, 0.25) is 0 Å². The van der Waals surface area contributed by atoms with Gasteiger partial charge in [0.05, 0.1) is 6.61 Å². The summed E-state index contributed by atoms with van der Waals surface area (Å²) < 4.78 is 15.8. The molecule has 0 spiro atoms. The first kappa shape index (κ1) is 19.5. The molecule has 0 unspecified atom stereocenters. The summed E-state index contributed by atoms with van der Waals surface area (Å²) in [5.41, 5.74) is 0.868. The molecule has 0 atom stereocenters. The van der Waals surface area contributed by atoms with Gasteiger partial charge >= 0.3 is 5.97 Å². The number of carbonyl (C=O) groups excluding carboxylic acids is 2. The van der Waals surface area contributed by atoms with Crippen LogP contribution in [0.5, 0.6) is 11.5 Å². The lowest BCUT2D eigenvalue weighted by Gasteiger charge is -2.20. The van der Waals surface area contributed by atoms with Crippen LogP contribution in [0.1, 0.15) is 20.8 Å². The molecule has 0 N–H and O–H groups in total. The lowest BCUT2D eigenvalue weighted by Crippen LogP contribution is -2.36. The number of hydrogen-bond acceptors (Lipinski definition) is 5. The fourth-order valence-electron chi connectivity index (χ4n) is 1.96. The van der Waals surface area contributed by atoms with E-state index in [1.165, 1.54) is 0 Å². The van der Waals surface area contributed by atoms with E-state index in [0.29, 0.717) is 31.2 Å². The second-order valence-electron chi connectivity index (χ2n) is 5.19. The third-order valence-electron chi connectivity index (χ3n) is 3.05. The van der Waals surface area contributed by atoms with E-state index in [2.05, 4.69) is 6.58 Å². The average Bonchev–Trinajstić information content (AvgIpc) is 2.56. The molecule has 1 amide bonds. The van der Waals surface area contributed by atoms with E-state index in [1.807, 2.05) is 26.8 Å². The molecule has 6 nitrogen and oxygen atoms in total. The molecule has 0 radical (unpaired) electrons. The monoisotopic (exact) mass is 335 g/mol. The van der Waals surface area contributed by atoms with Crippen LogP contribution in [-0.4, -0.2) is 49.7 Å². The molecule has 0 saturated carbocycles. The number of amides is 1. The molecule has 0 aliphatic rings. The van der Waals surface area contributed by atoms with Gasteiger partial charge in [0, 0.05) is 13.1 Å². The number of ether oxygens (including phenoxy) is 3. The molecule has 0 bridgehead atoms. The lowest BCUT2D eigenvalue weighted by molar-refractivity contribution is -0.153. The molecule has 1 aromatic rings. The summed E-state index contributed by atoms with van der Waals surface area (Å²) >= 11 is 0. The Hall–Kier alpha value is -2.50. The Morgan fingerprint density at radius 3 is 2.25 bits per heavy atom. The summed E-state index contributed by atoms with van der Waals surface area (Å²) in [5.74, 6) is 0.146. The largest absolute Gasteiger partial charge is 0.490 e. The number of nitrogens with zero attached hydrogens (tertiary/aromatic N) is 1. The molecule has 0 saturated heterocycles. The van der Waals surface area contributed by atoms with E-state index in [0.717, 1.165) is 5.57 Å². The molecule has 0 fully saturated rings. The van der Waals surface area contributed by atoms with Gasteiger partial charge < -0.3 is 19.1 Å². The highest BCUT2D eigenvalue weighted by Crippen LogP contribution is 2.26. The van der Waals surface area contributed by atoms with Crippen LogP contribution in [0, 0.1) is 0 Å². The summed E-state index contributed by atoms with van der Waals surface area (Å²) in [7, 11) is 0. The van der Waals surface area contributed by atoms with Gasteiger partial charge in [-0.1, -0.05) is 24.3 Å². The zero-order valence-electron chi connectivity index (χ0n) is 14.5. The zero-order valence-corrected chi connectivity index (χ0v) is 14.5. The van der Waals surface area contributed by atoms with Crippen LogP contribution in [0.4, 0.5) is 0 Å². The summed E-state index contributed by atoms with van der Waals surface area (Å²) in [4.78, 5) is 25.3. The summed E-state index contributed by atoms with van der Waals surface area (Å²) in [6.45, 7) is 10.2. The molecule has 132 valence electrons. The first-order chi connectivity index (χ1) is 11.5. The molecule has 0 aromatic heterocycles. The Morgan fingerprint density at radius 1 is 1.08 bits per heavy atom. The van der Waals surface area contributed by atoms with Crippen molar-refractivity contribution in [3.05, 3.63) is 36.4 Å². The zero-order chi connectivity index (χ0) is 17.9. The standard InChI is InChI=1S/C18H25NO5/c1-5-19(11-14(3)4)17(20)12-24-18(21)13-23-16-10-8-7-9-15(16)22-6-2/h7-10H,3,5-6,11-13H2,1-2,4H3. The van der Waals surface area contributed by atoms with Crippen molar-refractivity contribution < 1.29 is 23.8 Å². The molecule has 0 aliphatic carbocycles. The SMILES string of the molecule is C=C(C)CN(CC)C(=O)COC(=O)COc1ccccc1OCC. The maximum atomic E-state index is 12.0. The fraction of sp³-hybridized carbons (Fsp3) is 0.444. The molecule has 6 heteroatoms. The minimum Gasteiger partial charge on any atom is -0.490 e. The molecule has 24 heavy (non-hydrogen) atoms. The Balaban J connectivity index is 2.44. The van der Waals surface area contributed by atoms with E-state index in [-0.39, 0.29) is 19.1 Å². The third-order valence-corrected chi connectivity index (χ3v) is 3.05. The van der Waals surface area contributed by atoms with Gasteiger partial charge in [0.2, 0.25) is 0 Å². The van der Waals surface area contributed by atoms with Gasteiger partial charge in [-0.2, -0.15) is 0 Å². The van der Waals surface area contributed by atoms with Crippen molar-refractivity contribution in [1.82, 2.24) is 4.90 Å². The highest BCUT2D eigenvalue weighted by atomic mass is 16.6. The second kappa shape index (κ2) is 10.3. The number of rotatable bonds is 10. The van der Waals surface area contributed by atoms with Gasteiger partial charge in [-0.05, 0) is 32.9 Å². The quantitative estimate of drug-likeness (QED) is 0.485. The predicted molar refractivity (Wildman–Crippen MR) is 91.1 cm³/mol. The Kier molecular flexibility index (Phi) is 8.39. The maximum Gasteiger partial charge on any atom is 0.344 e. The smallest absolute Gasteiger partial charge is 0.344 e. The van der Waals surface area contributed by atoms with Crippen LogP contribution in [-0.2, 0) is 14.3 Å². The highest BCUT2D eigenvalue weighted by molar-refractivity contribution is 5.81. The summed E-state index contributed by atoms with van der Waals surface area (Å²) in [6, 6.07) is 7.05. The minimum atomic E-state index is -0.610. The molecule has 1 aromatic carbocycles. The molecule has 0 aliphatic heterocycles. The van der Waals surface area contributed by atoms with Crippen molar-refractivity contribution in [2.24, 2.45) is 0 Å². The van der Waals surface area contributed by atoms with Gasteiger partial charge in [0.1, 0.15) is 0 Å². The normalized spacial score (nSPS) is 9.96. The number of esters is 1. The summed E-state index contributed by atoms with van der Waals surface area (Å²) in [5, 5.41) is 0. The van der Waals surface area contributed by atoms with Gasteiger partial charge in [0.25, 0.3) is 5.91 Å². The van der Waals surface area contributed by atoms with Gasteiger partial charge in [-0.15, -0.1) is 0 Å². The van der Waals surface area contributed by atoms with Crippen molar-refractivity contribution in [2.75, 3.05) is 32.9 Å². The number of benzene rings is 1. The predicted octanol–water partition coefficient (Wildman–Crippen LogP) is 2.43. The van der Waals surface area contributed by atoms with Crippen LogP contribution < -0.4 is 9.47 Å². The van der Waals surface area contributed by atoms with Crippen molar-refractivity contribution >= 4 is 11.9 Å². The van der Waals surface area contributed by atoms with Crippen LogP contribution in [0.3, 0.4) is 0 Å². The third kappa shape index (κ3) is 6.73. The Morgan fingerprint density at radius 2 is 1.71 bits per heavy atom. The van der Waals surface area contributed by atoms with E-state index >= 15 is 0 Å². The topological polar surface area (TPSA) is 65.1 Å². The number of hydrogen-bond donors (Lipinski definition) is 0. The van der Waals surface area contributed by atoms with Crippen molar-refractivity contribution in [2.45, 2.75) is 20.8 Å². The van der Waals surface area contributed by atoms with Crippen molar-refractivity contribution in [3.63, 3.8) is 0 Å². The van der Waals surface area contributed by atoms with E-state index in [1.54, 1.807) is 23.1 Å². The number of carbonyl (C=O) groups is 2. The van der Waals surface area contributed by atoms with E-state index < -0.39 is 5.97 Å². The maximum absolute atomic E-state index is 12.0.